The van der Waals surface area contributed by atoms with Crippen LogP contribution in [0.25, 0.3) is 0 Å². The largest absolute Gasteiger partial charge is 0.380 e. The molecule has 0 aliphatic rings. The van der Waals surface area contributed by atoms with Crippen LogP contribution in [0.3, 0.4) is 0 Å². The molecule has 0 unspecified atom stereocenters. The highest BCUT2D eigenvalue weighted by molar-refractivity contribution is 5.92. The average molecular weight is 340 g/mol. The molecule has 0 aliphatic carbocycles. The number of Topliss-reactive ketones (excluding diaryl/α,β-unsaturated/α-hetero) is 1. The van der Waals surface area contributed by atoms with Crippen LogP contribution in [0.2, 0.25) is 0 Å². The Kier molecular flexibility index (Phi) is 11.8. The molecule has 2 rings (SSSR count). The van der Waals surface area contributed by atoms with Gasteiger partial charge in [-0.1, -0.05) is 71.3 Å². The van der Waals surface area contributed by atoms with E-state index in [2.05, 4.69) is 57.2 Å². The smallest absolute Gasteiger partial charge is 0.156 e. The van der Waals surface area contributed by atoms with Gasteiger partial charge in [0.05, 0.1) is 0 Å². The minimum Gasteiger partial charge on any atom is -0.380 e. The number of carbonyl (C=O) groups is 1. The molecule has 0 aromatic heterocycles. The Morgan fingerprint density at radius 3 is 1.52 bits per heavy atom. The highest BCUT2D eigenvalue weighted by Crippen LogP contribution is 1.99. The number of carbonyl (C=O) groups excluding carboxylic acids is 1. The monoisotopic (exact) mass is 339 g/mol. The van der Waals surface area contributed by atoms with Gasteiger partial charge >= 0.3 is 0 Å². The highest BCUT2D eigenvalue weighted by atomic mass is 16.1. The maximum absolute atomic E-state index is 10.7. The lowest BCUT2D eigenvalue weighted by molar-refractivity contribution is -0.113. The summed E-state index contributed by atoms with van der Waals surface area (Å²) in [6.45, 7) is 12.7. The number of nitrogens with zero attached hydrogens (tertiary/aromatic N) is 1. The van der Waals surface area contributed by atoms with Crippen molar-refractivity contribution in [1.82, 2.24) is 4.90 Å². The maximum atomic E-state index is 10.7. The summed E-state index contributed by atoms with van der Waals surface area (Å²) in [4.78, 5) is 12.7. The molecular weight excluding hydrogens is 306 g/mol. The minimum absolute atomic E-state index is 0.139. The van der Waals surface area contributed by atoms with Gasteiger partial charge in [-0.25, -0.2) is 0 Å². The van der Waals surface area contributed by atoms with Gasteiger partial charge in [-0.05, 0) is 41.5 Å². The summed E-state index contributed by atoms with van der Waals surface area (Å²) >= 11 is 0. The van der Waals surface area contributed by atoms with Crippen LogP contribution in [0.1, 0.15) is 37.5 Å². The van der Waals surface area contributed by atoms with E-state index in [4.69, 9.17) is 0 Å². The van der Waals surface area contributed by atoms with Crippen molar-refractivity contribution in [2.45, 2.75) is 41.5 Å². The fourth-order valence-corrected chi connectivity index (χ4v) is 1.68. The van der Waals surface area contributed by atoms with Crippen molar-refractivity contribution < 1.29 is 4.79 Å². The quantitative estimate of drug-likeness (QED) is 0.666. The molecule has 0 saturated heterocycles. The number of benzene rings is 2. The maximum Gasteiger partial charge on any atom is 0.156 e. The third-order valence-corrected chi connectivity index (χ3v) is 3.63. The highest BCUT2D eigenvalue weighted by Gasteiger charge is 1.95. The summed E-state index contributed by atoms with van der Waals surface area (Å²) in [5.41, 5.74) is 4.79. The molecule has 0 aliphatic heterocycles. The van der Waals surface area contributed by atoms with Crippen LogP contribution in [-0.2, 0) is 4.79 Å². The molecule has 0 atom stereocenters. The number of aryl methyl sites for hydroxylation is 3. The van der Waals surface area contributed by atoms with Gasteiger partial charge < -0.3 is 4.90 Å². The topological polar surface area (TPSA) is 20.3 Å². The molecule has 0 saturated carbocycles. The molecule has 0 amide bonds. The molecule has 2 nitrogen and oxygen atoms in total. The lowest BCUT2D eigenvalue weighted by atomic mass is 10.2. The third kappa shape index (κ3) is 12.7. The van der Waals surface area contributed by atoms with Crippen molar-refractivity contribution in [3.8, 4) is 0 Å². The van der Waals surface area contributed by atoms with Crippen LogP contribution in [0.15, 0.2) is 66.4 Å². The zero-order valence-corrected chi connectivity index (χ0v) is 16.8. The average Bonchev–Trinajstić information content (AvgIpc) is 2.59. The summed E-state index contributed by atoms with van der Waals surface area (Å²) in [5.74, 6) is 0.139. The molecule has 0 bridgehead atoms. The van der Waals surface area contributed by atoms with Crippen LogP contribution in [-0.4, -0.2) is 24.3 Å². The second-order valence-corrected chi connectivity index (χ2v) is 6.25. The van der Waals surface area contributed by atoms with E-state index in [0.717, 1.165) is 12.1 Å². The van der Waals surface area contributed by atoms with Gasteiger partial charge in [0.15, 0.2) is 5.78 Å². The van der Waals surface area contributed by atoms with Gasteiger partial charge in [-0.3, -0.25) is 4.79 Å². The Hall–Kier alpha value is -2.35. The summed E-state index contributed by atoms with van der Waals surface area (Å²) in [7, 11) is 1.95. The third-order valence-electron chi connectivity index (χ3n) is 3.63. The van der Waals surface area contributed by atoms with Crippen LogP contribution in [0, 0.1) is 20.8 Å². The standard InChI is InChI=1S/C8H15NO.C8H10.C7H8/c1-5-9(4)6-7(2)8(3)10;1-7-3-5-8(2)6-4-7;1-7-5-3-2-4-6-7/h6H,5H2,1-4H3;3-6H,1-2H3;2-6H,1H3/b7-6-;;. The van der Waals surface area contributed by atoms with Gasteiger partial charge in [0.25, 0.3) is 0 Å². The first kappa shape index (κ1) is 22.7. The second kappa shape index (κ2) is 13.0. The Morgan fingerprint density at radius 1 is 0.840 bits per heavy atom. The van der Waals surface area contributed by atoms with Gasteiger partial charge in [0, 0.05) is 25.4 Å². The predicted molar refractivity (Wildman–Crippen MR) is 110 cm³/mol. The van der Waals surface area contributed by atoms with Crippen molar-refractivity contribution in [3.05, 3.63) is 83.1 Å². The van der Waals surface area contributed by atoms with Crippen molar-refractivity contribution >= 4 is 5.78 Å². The summed E-state index contributed by atoms with van der Waals surface area (Å²) in [6.07, 6.45) is 1.86. The summed E-state index contributed by atoms with van der Waals surface area (Å²) < 4.78 is 0. The van der Waals surface area contributed by atoms with Gasteiger partial charge in [-0.2, -0.15) is 0 Å². The van der Waals surface area contributed by atoms with E-state index in [1.807, 2.05) is 50.2 Å². The molecule has 0 radical (unpaired) electrons. The Morgan fingerprint density at radius 2 is 1.24 bits per heavy atom. The number of hydrogen-bond acceptors (Lipinski definition) is 2. The molecule has 0 fully saturated rings. The van der Waals surface area contributed by atoms with Crippen molar-refractivity contribution in [2.24, 2.45) is 0 Å². The molecular formula is C23H33NO. The number of rotatable bonds is 3. The summed E-state index contributed by atoms with van der Waals surface area (Å²) in [5, 5.41) is 0. The Bertz CT molecular complexity index is 606. The molecule has 25 heavy (non-hydrogen) atoms. The van der Waals surface area contributed by atoms with Crippen LogP contribution >= 0.6 is 0 Å². The molecule has 0 N–H and O–H groups in total. The number of hydrogen-bond donors (Lipinski definition) is 0. The first-order valence-corrected chi connectivity index (χ1v) is 8.70. The van der Waals surface area contributed by atoms with E-state index >= 15 is 0 Å². The minimum atomic E-state index is 0.139. The van der Waals surface area contributed by atoms with Crippen LogP contribution in [0.4, 0.5) is 0 Å². The van der Waals surface area contributed by atoms with E-state index in [1.54, 1.807) is 6.92 Å². The van der Waals surface area contributed by atoms with E-state index in [0.29, 0.717) is 0 Å². The first-order chi connectivity index (χ1) is 11.8. The number of ketones is 1. The van der Waals surface area contributed by atoms with E-state index in [9.17, 15) is 4.79 Å². The Balaban J connectivity index is 0.000000350. The van der Waals surface area contributed by atoms with Gasteiger partial charge in [0.2, 0.25) is 0 Å². The molecule has 0 spiro atoms. The molecule has 0 heterocycles. The van der Waals surface area contributed by atoms with Crippen molar-refractivity contribution in [1.29, 1.82) is 0 Å². The zero-order valence-electron chi connectivity index (χ0n) is 16.8. The SMILES string of the molecule is CCN(C)/C=C(/C)C(C)=O.Cc1ccc(C)cc1.Cc1ccccc1. The lowest BCUT2D eigenvalue weighted by Crippen LogP contribution is -2.11. The van der Waals surface area contributed by atoms with E-state index in [-0.39, 0.29) is 5.78 Å². The summed E-state index contributed by atoms with van der Waals surface area (Å²) in [6, 6.07) is 18.7. The first-order valence-electron chi connectivity index (χ1n) is 8.70. The van der Waals surface area contributed by atoms with Crippen LogP contribution < -0.4 is 0 Å². The van der Waals surface area contributed by atoms with Crippen molar-refractivity contribution in [3.63, 3.8) is 0 Å². The normalized spacial score (nSPS) is 9.96. The zero-order chi connectivity index (χ0) is 19.2. The van der Waals surface area contributed by atoms with Crippen molar-refractivity contribution in [2.75, 3.05) is 13.6 Å². The van der Waals surface area contributed by atoms with Crippen LogP contribution in [0.5, 0.6) is 0 Å². The molecule has 136 valence electrons. The van der Waals surface area contributed by atoms with E-state index in [1.165, 1.54) is 16.7 Å². The lowest BCUT2D eigenvalue weighted by Gasteiger charge is -2.10. The fourth-order valence-electron chi connectivity index (χ4n) is 1.68. The second-order valence-electron chi connectivity index (χ2n) is 6.25. The van der Waals surface area contributed by atoms with E-state index < -0.39 is 0 Å². The predicted octanol–water partition coefficient (Wildman–Crippen LogP) is 5.73. The number of allylic oxidation sites excluding steroid dienone is 1. The Labute approximate surface area is 154 Å². The molecule has 2 aromatic rings. The molecule has 2 aromatic carbocycles. The molecule has 2 heteroatoms. The van der Waals surface area contributed by atoms with Gasteiger partial charge in [0.1, 0.15) is 0 Å². The van der Waals surface area contributed by atoms with Gasteiger partial charge in [-0.15, -0.1) is 0 Å². The fraction of sp³-hybridized carbons (Fsp3) is 0.348.